The van der Waals surface area contributed by atoms with Crippen molar-refractivity contribution in [3.63, 3.8) is 0 Å². The number of ether oxygens (including phenoxy) is 2. The number of methoxy groups -OCH3 is 2. The highest BCUT2D eigenvalue weighted by Crippen LogP contribution is 2.41. The zero-order chi connectivity index (χ0) is 39.8. The maximum absolute atomic E-state index is 14.0. The number of aliphatic hydroxyl groups is 1. The van der Waals surface area contributed by atoms with E-state index in [4.69, 9.17) is 0 Å². The quantitative estimate of drug-likeness (QED) is 0.133. The number of hydrogen-bond donors (Lipinski definition) is 5. The molecule has 3 atom stereocenters. The van der Waals surface area contributed by atoms with Crippen LogP contribution in [0.2, 0.25) is 0 Å². The van der Waals surface area contributed by atoms with Gasteiger partial charge in [0.15, 0.2) is 0 Å². The highest BCUT2D eigenvalue weighted by atomic mass is 19.4. The maximum atomic E-state index is 14.0. The van der Waals surface area contributed by atoms with Gasteiger partial charge in [-0.2, -0.15) is 40.2 Å². The summed E-state index contributed by atoms with van der Waals surface area (Å²) in [5.74, 6) is -2.81. The van der Waals surface area contributed by atoms with E-state index in [1.54, 1.807) is 5.32 Å². The van der Waals surface area contributed by atoms with Crippen LogP contribution in [-0.2, 0) is 25.6 Å². The van der Waals surface area contributed by atoms with Gasteiger partial charge in [0, 0.05) is 31.4 Å². The van der Waals surface area contributed by atoms with Crippen LogP contribution in [-0.4, -0.2) is 102 Å². The second kappa shape index (κ2) is 17.2. The molecule has 1 unspecified atom stereocenters. The van der Waals surface area contributed by atoms with Crippen LogP contribution in [0, 0.1) is 10.8 Å². The predicted molar refractivity (Wildman–Crippen MR) is 165 cm³/mol. The lowest BCUT2D eigenvalue weighted by Gasteiger charge is -2.37. The molecule has 2 aromatic rings. The van der Waals surface area contributed by atoms with Crippen molar-refractivity contribution in [2.24, 2.45) is 10.8 Å². The van der Waals surface area contributed by atoms with Crippen LogP contribution in [0.3, 0.4) is 0 Å². The molecule has 0 aliphatic carbocycles. The summed E-state index contributed by atoms with van der Waals surface area (Å²) < 4.78 is 118. The molecule has 1 heterocycles. The Balaban J connectivity index is 2.38. The fourth-order valence-electron chi connectivity index (χ4n) is 4.45. The van der Waals surface area contributed by atoms with E-state index in [2.05, 4.69) is 25.3 Å². The number of nitrogens with one attached hydrogen (secondary N) is 4. The van der Waals surface area contributed by atoms with E-state index in [-0.39, 0.29) is 6.54 Å². The van der Waals surface area contributed by atoms with E-state index in [1.165, 1.54) is 30.5 Å². The zero-order valence-corrected chi connectivity index (χ0v) is 28.7. The van der Waals surface area contributed by atoms with Crippen LogP contribution < -0.4 is 21.4 Å². The highest BCUT2D eigenvalue weighted by molar-refractivity contribution is 5.87. The first-order chi connectivity index (χ1) is 23.8. The van der Waals surface area contributed by atoms with E-state index in [1.807, 2.05) is 5.32 Å². The summed E-state index contributed by atoms with van der Waals surface area (Å²) in [5, 5.41) is 21.0. The molecule has 0 spiro atoms. The Morgan fingerprint density at radius 3 is 1.73 bits per heavy atom. The monoisotopic (exact) mass is 761 g/mol. The summed E-state index contributed by atoms with van der Waals surface area (Å²) in [5.41, 5.74) is -2.47. The largest absolute Gasteiger partial charge is 0.453 e. The first-order valence-electron chi connectivity index (χ1n) is 15.1. The first kappa shape index (κ1) is 43.4. The third-order valence-corrected chi connectivity index (χ3v) is 8.00. The molecule has 22 heteroatoms. The van der Waals surface area contributed by atoms with Gasteiger partial charge in [-0.3, -0.25) is 15.0 Å². The molecule has 2 rings (SSSR count). The molecule has 0 aliphatic heterocycles. The van der Waals surface area contributed by atoms with Crippen molar-refractivity contribution < 1.29 is 68.9 Å². The SMILES string of the molecule is COC(=O)NC(C(=O)NC[C@@H](O)CN(Cc1ccc(-c2cnn(C(F)F)c2)cc1)NC(=O)[C@@H](NC(=O)OC)C(C)(C)C(F)(F)F)C(C)(C)C(F)(F)F. The molecule has 0 fully saturated rings. The molecule has 292 valence electrons. The van der Waals surface area contributed by atoms with Crippen molar-refractivity contribution >= 4 is 24.0 Å². The van der Waals surface area contributed by atoms with E-state index in [0.717, 1.165) is 25.4 Å². The minimum Gasteiger partial charge on any atom is -0.453 e. The number of aromatic nitrogens is 2. The van der Waals surface area contributed by atoms with E-state index in [9.17, 15) is 59.4 Å². The van der Waals surface area contributed by atoms with E-state index >= 15 is 0 Å². The van der Waals surface area contributed by atoms with Gasteiger partial charge in [-0.15, -0.1) is 0 Å². The summed E-state index contributed by atoms with van der Waals surface area (Å²) >= 11 is 0. The molecular weight excluding hydrogens is 722 g/mol. The number of nitrogens with zero attached hydrogens (tertiary/aromatic N) is 3. The number of rotatable bonds is 15. The van der Waals surface area contributed by atoms with Crippen LogP contribution in [0.1, 0.15) is 39.8 Å². The number of hydrogen-bond acceptors (Lipinski definition) is 9. The summed E-state index contributed by atoms with van der Waals surface area (Å²) in [4.78, 5) is 49.9. The van der Waals surface area contributed by atoms with Crippen molar-refractivity contribution in [2.75, 3.05) is 27.3 Å². The van der Waals surface area contributed by atoms with Gasteiger partial charge in [0.1, 0.15) is 12.1 Å². The second-order valence-electron chi connectivity index (χ2n) is 12.5. The van der Waals surface area contributed by atoms with Crippen molar-refractivity contribution in [1.82, 2.24) is 36.2 Å². The van der Waals surface area contributed by atoms with Gasteiger partial charge < -0.3 is 30.5 Å². The molecular formula is C30H39F8N7O7. The number of halogens is 8. The summed E-state index contributed by atoms with van der Waals surface area (Å²) in [6, 6.07) is 1.31. The predicted octanol–water partition coefficient (Wildman–Crippen LogP) is 3.88. The van der Waals surface area contributed by atoms with Crippen molar-refractivity contribution in [3.05, 3.63) is 42.2 Å². The number of alkyl carbamates (subject to hydrolysis) is 2. The third-order valence-electron chi connectivity index (χ3n) is 8.00. The van der Waals surface area contributed by atoms with Gasteiger partial charge in [0.25, 0.3) is 5.91 Å². The van der Waals surface area contributed by atoms with Gasteiger partial charge in [-0.05, 0) is 38.8 Å². The summed E-state index contributed by atoms with van der Waals surface area (Å²) in [6.07, 6.45) is -12.3. The minimum atomic E-state index is -5.04. The third kappa shape index (κ3) is 11.1. The van der Waals surface area contributed by atoms with Crippen LogP contribution in [0.15, 0.2) is 36.7 Å². The smallest absolute Gasteiger partial charge is 0.407 e. The molecule has 1 aromatic carbocycles. The van der Waals surface area contributed by atoms with Gasteiger partial charge in [-0.25, -0.2) is 19.3 Å². The molecule has 5 N–H and O–H groups in total. The zero-order valence-electron chi connectivity index (χ0n) is 28.7. The molecule has 14 nitrogen and oxygen atoms in total. The molecule has 4 amide bonds. The fraction of sp³-hybridized carbons (Fsp3) is 0.567. The Morgan fingerprint density at radius 2 is 1.31 bits per heavy atom. The molecule has 0 saturated heterocycles. The topological polar surface area (TPSA) is 176 Å². The Morgan fingerprint density at radius 1 is 0.827 bits per heavy atom. The number of amides is 4. The molecule has 0 aliphatic rings. The number of hydrazine groups is 1. The van der Waals surface area contributed by atoms with Crippen LogP contribution in [0.25, 0.3) is 11.1 Å². The minimum absolute atomic E-state index is 0.308. The van der Waals surface area contributed by atoms with Gasteiger partial charge >= 0.3 is 31.1 Å². The first-order valence-corrected chi connectivity index (χ1v) is 15.1. The highest BCUT2D eigenvalue weighted by Gasteiger charge is 2.57. The van der Waals surface area contributed by atoms with Crippen LogP contribution in [0.4, 0.5) is 44.7 Å². The summed E-state index contributed by atoms with van der Waals surface area (Å²) in [6.45, 7) is -2.18. The lowest BCUT2D eigenvalue weighted by molar-refractivity contribution is -0.221. The Kier molecular flexibility index (Phi) is 14.4. The van der Waals surface area contributed by atoms with Gasteiger partial charge in [0.05, 0.1) is 37.4 Å². The number of aliphatic hydroxyl groups excluding tert-OH is 1. The Hall–Kier alpha value is -4.73. The van der Waals surface area contributed by atoms with Crippen molar-refractivity contribution in [3.8, 4) is 11.1 Å². The molecule has 0 saturated carbocycles. The summed E-state index contributed by atoms with van der Waals surface area (Å²) in [7, 11) is 1.71. The van der Waals surface area contributed by atoms with Gasteiger partial charge in [0.2, 0.25) is 5.91 Å². The number of benzene rings is 1. The number of carbonyl (C=O) groups excluding carboxylic acids is 4. The van der Waals surface area contributed by atoms with Crippen molar-refractivity contribution in [2.45, 2.75) is 71.3 Å². The normalized spacial score (nSPS) is 14.3. The lowest BCUT2D eigenvalue weighted by Crippen LogP contribution is -2.62. The molecule has 52 heavy (non-hydrogen) atoms. The lowest BCUT2D eigenvalue weighted by atomic mass is 9.83. The Labute approximate surface area is 292 Å². The van der Waals surface area contributed by atoms with Gasteiger partial charge in [-0.1, -0.05) is 24.3 Å². The van der Waals surface area contributed by atoms with Crippen molar-refractivity contribution in [1.29, 1.82) is 0 Å². The van der Waals surface area contributed by atoms with E-state index in [0.29, 0.717) is 49.1 Å². The number of carbonyl (C=O) groups is 4. The molecule has 1 aromatic heterocycles. The maximum Gasteiger partial charge on any atom is 0.407 e. The average molecular weight is 762 g/mol. The fourth-order valence-corrected chi connectivity index (χ4v) is 4.45. The van der Waals surface area contributed by atoms with Crippen LogP contribution >= 0.6 is 0 Å². The second-order valence-corrected chi connectivity index (χ2v) is 12.5. The number of alkyl halides is 8. The Bertz CT molecular complexity index is 1530. The molecule has 0 radical (unpaired) electrons. The standard InChI is InChI=1S/C30H39F8N7O7/c1-27(2,29(33,34)35)20(41-25(49)51-5)22(47)39-12-19(46)15-44(43-23(48)21(42-26(50)52-6)28(3,4)30(36,37)38)13-16-7-9-17(10-8-16)18-11-40-45(14-18)24(31)32/h7-11,14,19-21,24,46H,12-13,15H2,1-6H3,(H,39,47)(H,41,49)(H,42,50)(H,43,48)/t19-,20?,21-/m1/s1. The molecule has 0 bridgehead atoms. The average Bonchev–Trinajstić information content (AvgIpc) is 3.54. The van der Waals surface area contributed by atoms with Crippen LogP contribution in [0.5, 0.6) is 0 Å². The van der Waals surface area contributed by atoms with E-state index < -0.39 is 85.0 Å².